The highest BCUT2D eigenvalue weighted by Crippen LogP contribution is 2.25. The van der Waals surface area contributed by atoms with Gasteiger partial charge in [-0.3, -0.25) is 4.90 Å². The Morgan fingerprint density at radius 2 is 1.93 bits per heavy atom. The summed E-state index contributed by atoms with van der Waals surface area (Å²) in [7, 11) is -1.95. The Labute approximate surface area is 160 Å². The first kappa shape index (κ1) is 19.9. The van der Waals surface area contributed by atoms with Crippen molar-refractivity contribution in [3.63, 3.8) is 0 Å². The normalized spacial score (nSPS) is 17.0. The van der Waals surface area contributed by atoms with Crippen LogP contribution in [0.1, 0.15) is 29.0 Å². The van der Waals surface area contributed by atoms with Crippen LogP contribution in [-0.2, 0) is 16.6 Å². The van der Waals surface area contributed by atoms with Gasteiger partial charge in [-0.2, -0.15) is 4.31 Å². The molecule has 2 aromatic rings. The molecule has 0 aliphatic carbocycles. The van der Waals surface area contributed by atoms with Gasteiger partial charge in [-0.25, -0.2) is 8.42 Å². The summed E-state index contributed by atoms with van der Waals surface area (Å²) in [4.78, 5) is 2.62. The largest absolute Gasteiger partial charge is 0.497 e. The van der Waals surface area contributed by atoms with Crippen molar-refractivity contribution in [1.82, 2.24) is 14.4 Å². The van der Waals surface area contributed by atoms with Crippen LogP contribution in [-0.4, -0.2) is 56.1 Å². The van der Waals surface area contributed by atoms with Gasteiger partial charge in [0.1, 0.15) is 11.5 Å². The molecule has 1 fully saturated rings. The summed E-state index contributed by atoms with van der Waals surface area (Å²) in [5, 5.41) is 4.00. The summed E-state index contributed by atoms with van der Waals surface area (Å²) in [6.45, 7) is 8.90. The summed E-state index contributed by atoms with van der Waals surface area (Å²) >= 11 is 0. The monoisotopic (exact) mass is 393 g/mol. The van der Waals surface area contributed by atoms with Gasteiger partial charge in [-0.1, -0.05) is 5.16 Å². The highest BCUT2D eigenvalue weighted by molar-refractivity contribution is 7.89. The van der Waals surface area contributed by atoms with Crippen LogP contribution in [0.4, 0.5) is 0 Å². The molecular weight excluding hydrogens is 366 g/mol. The molecule has 27 heavy (non-hydrogen) atoms. The van der Waals surface area contributed by atoms with E-state index in [9.17, 15) is 8.42 Å². The number of methoxy groups -OCH3 is 1. The van der Waals surface area contributed by atoms with Crippen LogP contribution in [0.3, 0.4) is 0 Å². The lowest BCUT2D eigenvalue weighted by molar-refractivity contribution is 0.276. The minimum Gasteiger partial charge on any atom is -0.497 e. The number of nitrogens with zero attached hydrogens (tertiary/aromatic N) is 3. The fourth-order valence-electron chi connectivity index (χ4n) is 3.47. The molecule has 0 saturated carbocycles. The maximum atomic E-state index is 13.1. The van der Waals surface area contributed by atoms with Crippen LogP contribution in [0.2, 0.25) is 0 Å². The van der Waals surface area contributed by atoms with Gasteiger partial charge >= 0.3 is 0 Å². The van der Waals surface area contributed by atoms with Crippen molar-refractivity contribution in [2.75, 3.05) is 33.3 Å². The predicted octanol–water partition coefficient (Wildman–Crippen LogP) is 2.51. The third-order valence-corrected chi connectivity index (χ3v) is 7.17. The summed E-state index contributed by atoms with van der Waals surface area (Å²) in [5.41, 5.74) is 2.69. The van der Waals surface area contributed by atoms with E-state index < -0.39 is 10.0 Å². The molecular formula is C19H27N3O4S. The van der Waals surface area contributed by atoms with Crippen LogP contribution in [0.25, 0.3) is 0 Å². The number of aryl methyl sites for hydroxylation is 3. The second kappa shape index (κ2) is 8.00. The first-order valence-electron chi connectivity index (χ1n) is 9.12. The lowest BCUT2D eigenvalue weighted by Gasteiger charge is -2.22. The quantitative estimate of drug-likeness (QED) is 0.777. The van der Waals surface area contributed by atoms with Crippen molar-refractivity contribution < 1.29 is 17.7 Å². The second-order valence-corrected chi connectivity index (χ2v) is 8.87. The Morgan fingerprint density at radius 1 is 1.15 bits per heavy atom. The SMILES string of the molecule is COc1ccc(S(=O)(=O)N2CCCN(Cc3c(C)noc3C)CC2)c(C)c1. The van der Waals surface area contributed by atoms with Gasteiger partial charge in [0.15, 0.2) is 0 Å². The summed E-state index contributed by atoms with van der Waals surface area (Å²) in [5.74, 6) is 1.49. The average Bonchev–Trinajstić information content (AvgIpc) is 2.84. The number of rotatable bonds is 5. The molecule has 0 unspecified atom stereocenters. The zero-order chi connectivity index (χ0) is 19.6. The van der Waals surface area contributed by atoms with E-state index in [1.165, 1.54) is 0 Å². The first-order valence-corrected chi connectivity index (χ1v) is 10.6. The van der Waals surface area contributed by atoms with Crippen LogP contribution in [0.15, 0.2) is 27.6 Å². The lowest BCUT2D eigenvalue weighted by atomic mass is 10.2. The van der Waals surface area contributed by atoms with E-state index in [1.807, 2.05) is 13.8 Å². The molecule has 0 N–H and O–H groups in total. The number of benzene rings is 1. The van der Waals surface area contributed by atoms with Crippen LogP contribution >= 0.6 is 0 Å². The molecule has 1 aliphatic heterocycles. The number of hydrogen-bond acceptors (Lipinski definition) is 6. The lowest BCUT2D eigenvalue weighted by Crippen LogP contribution is -2.35. The molecule has 0 bridgehead atoms. The minimum absolute atomic E-state index is 0.350. The van der Waals surface area contributed by atoms with Crippen molar-refractivity contribution in [3.8, 4) is 5.75 Å². The van der Waals surface area contributed by atoms with E-state index in [0.29, 0.717) is 35.8 Å². The molecule has 148 valence electrons. The van der Waals surface area contributed by atoms with E-state index in [4.69, 9.17) is 9.26 Å². The molecule has 0 amide bonds. The van der Waals surface area contributed by atoms with Gasteiger partial charge in [0.05, 0.1) is 17.7 Å². The van der Waals surface area contributed by atoms with Gasteiger partial charge in [0.25, 0.3) is 0 Å². The molecule has 1 aromatic heterocycles. The standard InChI is InChI=1S/C19H27N3O4S/c1-14-12-17(25-4)6-7-19(14)27(23,24)22-9-5-8-21(10-11-22)13-18-15(2)20-26-16(18)3/h6-7,12H,5,8-11,13H2,1-4H3. The van der Waals surface area contributed by atoms with Gasteiger partial charge in [-0.05, 0) is 57.5 Å². The topological polar surface area (TPSA) is 75.9 Å². The second-order valence-electron chi connectivity index (χ2n) is 6.97. The molecule has 0 atom stereocenters. The zero-order valence-electron chi connectivity index (χ0n) is 16.4. The van der Waals surface area contributed by atoms with Gasteiger partial charge in [0.2, 0.25) is 10.0 Å². The Bertz CT molecular complexity index is 888. The summed E-state index contributed by atoms with van der Waals surface area (Å²) < 4.78 is 38.3. The molecule has 2 heterocycles. The predicted molar refractivity (Wildman–Crippen MR) is 102 cm³/mol. The fourth-order valence-corrected chi connectivity index (χ4v) is 5.15. The number of aromatic nitrogens is 1. The molecule has 1 aliphatic rings. The molecule has 1 aromatic carbocycles. The van der Waals surface area contributed by atoms with E-state index >= 15 is 0 Å². The number of hydrogen-bond donors (Lipinski definition) is 0. The van der Waals surface area contributed by atoms with E-state index in [2.05, 4.69) is 10.1 Å². The average molecular weight is 394 g/mol. The van der Waals surface area contributed by atoms with Crippen molar-refractivity contribution in [2.45, 2.75) is 38.6 Å². The van der Waals surface area contributed by atoms with Crippen molar-refractivity contribution in [3.05, 3.63) is 40.8 Å². The number of ether oxygens (including phenoxy) is 1. The Balaban J connectivity index is 1.73. The fraction of sp³-hybridized carbons (Fsp3) is 0.526. The van der Waals surface area contributed by atoms with Crippen LogP contribution < -0.4 is 4.74 Å². The molecule has 7 nitrogen and oxygen atoms in total. The van der Waals surface area contributed by atoms with Crippen molar-refractivity contribution >= 4 is 10.0 Å². The van der Waals surface area contributed by atoms with E-state index in [1.54, 1.807) is 36.5 Å². The third kappa shape index (κ3) is 4.17. The van der Waals surface area contributed by atoms with Gasteiger partial charge < -0.3 is 9.26 Å². The summed E-state index contributed by atoms with van der Waals surface area (Å²) in [6.07, 6.45) is 0.789. The minimum atomic E-state index is -3.52. The maximum absolute atomic E-state index is 13.1. The van der Waals surface area contributed by atoms with E-state index in [0.717, 1.165) is 36.5 Å². The third-order valence-electron chi connectivity index (χ3n) is 5.11. The molecule has 0 spiro atoms. The van der Waals surface area contributed by atoms with Gasteiger partial charge in [-0.15, -0.1) is 0 Å². The van der Waals surface area contributed by atoms with Crippen LogP contribution in [0, 0.1) is 20.8 Å². The highest BCUT2D eigenvalue weighted by atomic mass is 32.2. The summed E-state index contributed by atoms with van der Waals surface area (Å²) in [6, 6.07) is 5.09. The Kier molecular flexibility index (Phi) is 5.88. The zero-order valence-corrected chi connectivity index (χ0v) is 17.2. The van der Waals surface area contributed by atoms with Crippen molar-refractivity contribution in [1.29, 1.82) is 0 Å². The molecule has 8 heteroatoms. The molecule has 0 radical (unpaired) electrons. The van der Waals surface area contributed by atoms with Gasteiger partial charge in [0, 0.05) is 31.7 Å². The maximum Gasteiger partial charge on any atom is 0.243 e. The Morgan fingerprint density at radius 3 is 2.56 bits per heavy atom. The smallest absolute Gasteiger partial charge is 0.243 e. The molecule has 1 saturated heterocycles. The molecule has 3 rings (SSSR count). The van der Waals surface area contributed by atoms with Crippen molar-refractivity contribution in [2.24, 2.45) is 0 Å². The number of sulfonamides is 1. The first-order chi connectivity index (χ1) is 12.8. The van der Waals surface area contributed by atoms with E-state index in [-0.39, 0.29) is 0 Å². The highest BCUT2D eigenvalue weighted by Gasteiger charge is 2.28. The van der Waals surface area contributed by atoms with Crippen LogP contribution in [0.5, 0.6) is 5.75 Å². The Hall–Kier alpha value is -1.90.